The molecule has 0 unspecified atom stereocenters. The number of carboxylic acid groups (broad SMARTS) is 1. The number of imidazole rings is 1. The van der Waals surface area contributed by atoms with Crippen molar-refractivity contribution in [2.24, 2.45) is 0 Å². The normalized spacial score (nSPS) is 12.9. The van der Waals surface area contributed by atoms with E-state index in [1.807, 2.05) is 42.6 Å². The average molecular weight is 469 g/mol. The Bertz CT molecular complexity index is 1460. The first-order valence-corrected chi connectivity index (χ1v) is 11.4. The van der Waals surface area contributed by atoms with Crippen molar-refractivity contribution in [2.75, 3.05) is 5.32 Å². The molecule has 2 N–H and O–H groups in total. The van der Waals surface area contributed by atoms with Crippen LogP contribution < -0.4 is 10.1 Å². The first-order chi connectivity index (χ1) is 16.9. The fourth-order valence-corrected chi connectivity index (χ4v) is 4.14. The Morgan fingerprint density at radius 3 is 2.63 bits per heavy atom. The number of pyridine rings is 1. The highest BCUT2D eigenvalue weighted by atomic mass is 16.5. The van der Waals surface area contributed by atoms with Gasteiger partial charge in [0.1, 0.15) is 18.1 Å². The van der Waals surface area contributed by atoms with Gasteiger partial charge in [-0.25, -0.2) is 14.8 Å². The van der Waals surface area contributed by atoms with Gasteiger partial charge in [0.2, 0.25) is 11.7 Å². The van der Waals surface area contributed by atoms with Gasteiger partial charge in [0, 0.05) is 25.0 Å². The standard InChI is InChI=1S/C26H24N6O3/c1-15-7-17(10-27)8-16(2)21(15)11-28-22-9-24(31-25(30-22)26(33)34)35-14-20-13-32-12-19(18-3-4-18)5-6-23(32)29-20/h5-9,12-13,18H,3-4,11,14H2,1-2H3,(H,33,34)(H,28,30,31). The Balaban J connectivity index is 1.32. The van der Waals surface area contributed by atoms with Crippen LogP contribution in [0.2, 0.25) is 0 Å². The molecule has 1 aromatic carbocycles. The Morgan fingerprint density at radius 1 is 1.17 bits per heavy atom. The number of hydrogen-bond donors (Lipinski definition) is 2. The van der Waals surface area contributed by atoms with Crippen LogP contribution in [0, 0.1) is 25.2 Å². The summed E-state index contributed by atoms with van der Waals surface area (Å²) in [5, 5.41) is 21.8. The zero-order chi connectivity index (χ0) is 24.5. The maximum atomic E-state index is 11.6. The number of aromatic carboxylic acids is 1. The lowest BCUT2D eigenvalue weighted by atomic mass is 10.00. The van der Waals surface area contributed by atoms with Crippen molar-refractivity contribution in [3.8, 4) is 11.9 Å². The molecule has 1 saturated carbocycles. The second-order valence-electron chi connectivity index (χ2n) is 8.80. The number of rotatable bonds is 8. The first kappa shape index (κ1) is 22.3. The predicted octanol–water partition coefficient (Wildman–Crippen LogP) is 4.38. The second-order valence-corrected chi connectivity index (χ2v) is 8.80. The van der Waals surface area contributed by atoms with E-state index in [0.29, 0.717) is 29.5 Å². The summed E-state index contributed by atoms with van der Waals surface area (Å²) in [4.78, 5) is 24.3. The zero-order valence-corrected chi connectivity index (χ0v) is 19.4. The Labute approximate surface area is 202 Å². The van der Waals surface area contributed by atoms with E-state index in [4.69, 9.17) is 10.00 Å². The highest BCUT2D eigenvalue weighted by Gasteiger charge is 2.23. The number of aryl methyl sites for hydroxylation is 2. The molecule has 0 spiro atoms. The number of anilines is 1. The lowest BCUT2D eigenvalue weighted by Crippen LogP contribution is -2.11. The van der Waals surface area contributed by atoms with Gasteiger partial charge in [-0.2, -0.15) is 10.2 Å². The maximum absolute atomic E-state index is 11.6. The summed E-state index contributed by atoms with van der Waals surface area (Å²) in [5.41, 5.74) is 6.41. The van der Waals surface area contributed by atoms with Gasteiger partial charge in [0.05, 0.1) is 17.3 Å². The average Bonchev–Trinajstić information content (AvgIpc) is 3.61. The SMILES string of the molecule is Cc1cc(C#N)cc(C)c1CNc1cc(OCc2cn3cc(C4CC4)ccc3n2)nc(C(=O)O)n1. The molecule has 9 nitrogen and oxygen atoms in total. The Hall–Kier alpha value is -4.45. The minimum atomic E-state index is -1.25. The van der Waals surface area contributed by atoms with E-state index in [2.05, 4.69) is 38.6 Å². The number of ether oxygens (including phenoxy) is 1. The minimum Gasteiger partial charge on any atom is -0.475 e. The van der Waals surface area contributed by atoms with Crippen LogP contribution in [0.5, 0.6) is 5.88 Å². The van der Waals surface area contributed by atoms with Crippen LogP contribution in [0.15, 0.2) is 42.7 Å². The van der Waals surface area contributed by atoms with E-state index >= 15 is 0 Å². The van der Waals surface area contributed by atoms with Crippen molar-refractivity contribution in [3.63, 3.8) is 0 Å². The summed E-state index contributed by atoms with van der Waals surface area (Å²) >= 11 is 0. The number of nitrogens with one attached hydrogen (secondary N) is 1. The molecule has 0 bridgehead atoms. The maximum Gasteiger partial charge on any atom is 0.374 e. The van der Waals surface area contributed by atoms with E-state index in [1.165, 1.54) is 18.4 Å². The van der Waals surface area contributed by atoms with Crippen LogP contribution in [0.4, 0.5) is 5.82 Å². The zero-order valence-electron chi connectivity index (χ0n) is 19.4. The van der Waals surface area contributed by atoms with Crippen LogP contribution in [-0.4, -0.2) is 30.4 Å². The van der Waals surface area contributed by atoms with E-state index in [1.54, 1.807) is 6.07 Å². The van der Waals surface area contributed by atoms with Gasteiger partial charge >= 0.3 is 5.97 Å². The third kappa shape index (κ3) is 4.92. The number of carbonyl (C=O) groups is 1. The van der Waals surface area contributed by atoms with Crippen LogP contribution in [0.3, 0.4) is 0 Å². The number of fused-ring (bicyclic) bond motifs is 1. The van der Waals surface area contributed by atoms with Crippen LogP contribution in [-0.2, 0) is 13.2 Å². The number of nitrogens with zero attached hydrogens (tertiary/aromatic N) is 5. The Kier molecular flexibility index (Phi) is 5.79. The molecule has 0 saturated heterocycles. The van der Waals surface area contributed by atoms with Crippen molar-refractivity contribution in [1.29, 1.82) is 5.26 Å². The van der Waals surface area contributed by atoms with E-state index in [0.717, 1.165) is 22.3 Å². The van der Waals surface area contributed by atoms with Gasteiger partial charge in [-0.1, -0.05) is 6.07 Å². The van der Waals surface area contributed by atoms with Crippen molar-refractivity contribution >= 4 is 17.4 Å². The van der Waals surface area contributed by atoms with Gasteiger partial charge in [0.25, 0.3) is 0 Å². The lowest BCUT2D eigenvalue weighted by molar-refractivity contribution is 0.0682. The molecule has 35 heavy (non-hydrogen) atoms. The predicted molar refractivity (Wildman–Crippen MR) is 128 cm³/mol. The molecular weight excluding hydrogens is 444 g/mol. The van der Waals surface area contributed by atoms with E-state index in [-0.39, 0.29) is 18.3 Å². The largest absolute Gasteiger partial charge is 0.475 e. The summed E-state index contributed by atoms with van der Waals surface area (Å²) in [6.07, 6.45) is 6.48. The lowest BCUT2D eigenvalue weighted by Gasteiger charge is -2.13. The molecule has 0 amide bonds. The molecular formula is C26H24N6O3. The molecule has 0 atom stereocenters. The molecule has 3 aromatic heterocycles. The van der Waals surface area contributed by atoms with Crippen molar-refractivity contribution in [3.05, 3.63) is 82.1 Å². The molecule has 0 radical (unpaired) electrons. The van der Waals surface area contributed by atoms with Crippen LogP contribution in [0.25, 0.3) is 5.65 Å². The fraction of sp³-hybridized carbons (Fsp3) is 0.269. The topological polar surface area (TPSA) is 125 Å². The molecule has 176 valence electrons. The summed E-state index contributed by atoms with van der Waals surface area (Å²) in [6, 6.07) is 11.5. The number of benzene rings is 1. The third-order valence-electron chi connectivity index (χ3n) is 6.11. The second kappa shape index (κ2) is 9.06. The molecule has 9 heteroatoms. The summed E-state index contributed by atoms with van der Waals surface area (Å²) in [6.45, 7) is 4.42. The molecule has 1 aliphatic rings. The van der Waals surface area contributed by atoms with Crippen LogP contribution >= 0.6 is 0 Å². The molecule has 1 aliphatic carbocycles. The van der Waals surface area contributed by atoms with Crippen LogP contribution in [0.1, 0.15) is 62.9 Å². The molecule has 4 aromatic rings. The van der Waals surface area contributed by atoms with Crippen molar-refractivity contribution in [2.45, 2.75) is 45.8 Å². The number of aromatic nitrogens is 4. The molecule has 0 aliphatic heterocycles. The first-order valence-electron chi connectivity index (χ1n) is 11.4. The summed E-state index contributed by atoms with van der Waals surface area (Å²) < 4.78 is 7.80. The third-order valence-corrected chi connectivity index (χ3v) is 6.11. The monoisotopic (exact) mass is 468 g/mol. The molecule has 5 rings (SSSR count). The minimum absolute atomic E-state index is 0.142. The smallest absolute Gasteiger partial charge is 0.374 e. The summed E-state index contributed by atoms with van der Waals surface area (Å²) in [5.74, 6) is -0.477. The highest BCUT2D eigenvalue weighted by molar-refractivity contribution is 5.83. The van der Waals surface area contributed by atoms with Gasteiger partial charge in [-0.05, 0) is 73.1 Å². The van der Waals surface area contributed by atoms with E-state index < -0.39 is 5.97 Å². The van der Waals surface area contributed by atoms with E-state index in [9.17, 15) is 9.90 Å². The number of hydrogen-bond acceptors (Lipinski definition) is 7. The summed E-state index contributed by atoms with van der Waals surface area (Å²) in [7, 11) is 0. The number of nitriles is 1. The molecule has 1 fully saturated rings. The number of carboxylic acids is 1. The highest BCUT2D eigenvalue weighted by Crippen LogP contribution is 2.39. The van der Waals surface area contributed by atoms with Crippen molar-refractivity contribution < 1.29 is 14.6 Å². The quantitative estimate of drug-likeness (QED) is 0.390. The Morgan fingerprint density at radius 2 is 1.94 bits per heavy atom. The molecule has 3 heterocycles. The van der Waals surface area contributed by atoms with Gasteiger partial charge in [-0.3, -0.25) is 0 Å². The van der Waals surface area contributed by atoms with Crippen molar-refractivity contribution in [1.82, 2.24) is 19.4 Å². The van der Waals surface area contributed by atoms with Gasteiger partial charge < -0.3 is 19.6 Å². The fourth-order valence-electron chi connectivity index (χ4n) is 4.14. The van der Waals surface area contributed by atoms with Gasteiger partial charge in [-0.15, -0.1) is 0 Å². The van der Waals surface area contributed by atoms with Gasteiger partial charge in [0.15, 0.2) is 0 Å².